The molecule has 0 aliphatic heterocycles. The normalized spacial score (nSPS) is 10.7. The summed E-state index contributed by atoms with van der Waals surface area (Å²) in [7, 11) is 0. The van der Waals surface area contributed by atoms with Crippen molar-refractivity contribution in [3.05, 3.63) is 72.4 Å². The number of rotatable bonds is 3. The molecule has 0 aliphatic rings. The standard InChI is InChI=1S/C17H9BrCl2INO2/c18-9-4-5-13(12(21)8-9)22-17(23)15-7-6-14(24-15)10-2-1-3-11(19)16(10)20/h1-8H,(H,22,23). The Morgan fingerprint density at radius 1 is 1.12 bits per heavy atom. The Morgan fingerprint density at radius 3 is 2.67 bits per heavy atom. The molecule has 0 unspecified atom stereocenters. The molecule has 0 radical (unpaired) electrons. The summed E-state index contributed by atoms with van der Waals surface area (Å²) in [4.78, 5) is 12.4. The molecule has 0 atom stereocenters. The second kappa shape index (κ2) is 7.47. The van der Waals surface area contributed by atoms with Crippen LogP contribution in [0.4, 0.5) is 5.69 Å². The molecule has 3 aromatic rings. The Balaban J connectivity index is 1.85. The lowest BCUT2D eigenvalue weighted by atomic mass is 10.2. The quantitative estimate of drug-likeness (QED) is 0.371. The number of hydrogen-bond donors (Lipinski definition) is 1. The van der Waals surface area contributed by atoms with Gasteiger partial charge in [0.05, 0.1) is 15.7 Å². The minimum Gasteiger partial charge on any atom is -0.451 e. The molecular formula is C17H9BrCl2INO2. The van der Waals surface area contributed by atoms with Crippen LogP contribution >= 0.6 is 61.7 Å². The highest BCUT2D eigenvalue weighted by molar-refractivity contribution is 14.1. The van der Waals surface area contributed by atoms with Gasteiger partial charge in [-0.1, -0.05) is 45.2 Å². The first-order chi connectivity index (χ1) is 11.5. The second-order valence-corrected chi connectivity index (χ2v) is 7.71. The first-order valence-electron chi connectivity index (χ1n) is 6.76. The molecule has 0 fully saturated rings. The lowest BCUT2D eigenvalue weighted by Crippen LogP contribution is -2.11. The van der Waals surface area contributed by atoms with E-state index in [2.05, 4.69) is 43.8 Å². The average Bonchev–Trinajstić information content (AvgIpc) is 3.02. The number of carbonyl (C=O) groups is 1. The number of nitrogens with one attached hydrogen (secondary N) is 1. The van der Waals surface area contributed by atoms with Crippen LogP contribution in [0.1, 0.15) is 10.6 Å². The summed E-state index contributed by atoms with van der Waals surface area (Å²) in [6, 6.07) is 14.1. The Morgan fingerprint density at radius 2 is 1.92 bits per heavy atom. The van der Waals surface area contributed by atoms with Crippen LogP contribution in [-0.2, 0) is 0 Å². The van der Waals surface area contributed by atoms with Crippen molar-refractivity contribution in [3.63, 3.8) is 0 Å². The van der Waals surface area contributed by atoms with Crippen LogP contribution in [0.2, 0.25) is 10.0 Å². The molecule has 0 aliphatic carbocycles. The summed E-state index contributed by atoms with van der Waals surface area (Å²) < 4.78 is 7.50. The Bertz CT molecular complexity index is 927. The molecule has 0 saturated heterocycles. The number of amides is 1. The highest BCUT2D eigenvalue weighted by Gasteiger charge is 2.16. The number of hydrogen-bond acceptors (Lipinski definition) is 2. The SMILES string of the molecule is O=C(Nc1ccc(Br)cc1I)c1ccc(-c2cccc(Cl)c2Cl)o1. The van der Waals surface area contributed by atoms with Crippen LogP contribution in [0.15, 0.2) is 57.4 Å². The van der Waals surface area contributed by atoms with Gasteiger partial charge in [0.1, 0.15) is 5.76 Å². The van der Waals surface area contributed by atoms with E-state index in [-0.39, 0.29) is 11.7 Å². The third kappa shape index (κ3) is 3.79. The van der Waals surface area contributed by atoms with E-state index in [1.54, 1.807) is 30.3 Å². The minimum absolute atomic E-state index is 0.194. The number of anilines is 1. The van der Waals surface area contributed by atoms with Crippen LogP contribution in [0.3, 0.4) is 0 Å². The monoisotopic (exact) mass is 535 g/mol. The van der Waals surface area contributed by atoms with Gasteiger partial charge in [-0.05, 0) is 65.1 Å². The molecule has 0 saturated carbocycles. The van der Waals surface area contributed by atoms with Crippen molar-refractivity contribution in [2.75, 3.05) is 5.32 Å². The molecule has 0 spiro atoms. The molecule has 3 nitrogen and oxygen atoms in total. The zero-order chi connectivity index (χ0) is 17.3. The summed E-state index contributed by atoms with van der Waals surface area (Å²) in [5, 5.41) is 3.65. The molecule has 1 N–H and O–H groups in total. The number of benzene rings is 2. The predicted octanol–water partition coefficient (Wildman–Crippen LogP) is 6.87. The van der Waals surface area contributed by atoms with E-state index in [0.29, 0.717) is 27.1 Å². The van der Waals surface area contributed by atoms with E-state index in [0.717, 1.165) is 8.04 Å². The summed E-state index contributed by atoms with van der Waals surface area (Å²) >= 11 is 17.7. The molecule has 3 rings (SSSR count). The fourth-order valence-corrected chi connectivity index (χ4v) is 3.91. The molecule has 7 heteroatoms. The largest absolute Gasteiger partial charge is 0.451 e. The highest BCUT2D eigenvalue weighted by Crippen LogP contribution is 2.34. The van der Waals surface area contributed by atoms with Crippen LogP contribution < -0.4 is 5.32 Å². The van der Waals surface area contributed by atoms with Gasteiger partial charge < -0.3 is 9.73 Å². The number of furan rings is 1. The second-order valence-electron chi connectivity index (χ2n) is 4.84. The van der Waals surface area contributed by atoms with Crippen molar-refractivity contribution in [2.45, 2.75) is 0 Å². The minimum atomic E-state index is -0.334. The summed E-state index contributed by atoms with van der Waals surface area (Å²) in [5.74, 6) is 0.345. The molecule has 2 aromatic carbocycles. The Hall–Kier alpha value is -1.02. The summed E-state index contributed by atoms with van der Waals surface area (Å²) in [5.41, 5.74) is 1.35. The lowest BCUT2D eigenvalue weighted by molar-refractivity contribution is 0.0997. The van der Waals surface area contributed by atoms with Gasteiger partial charge >= 0.3 is 0 Å². The number of carbonyl (C=O) groups excluding carboxylic acids is 1. The zero-order valence-electron chi connectivity index (χ0n) is 11.9. The molecule has 24 heavy (non-hydrogen) atoms. The van der Waals surface area contributed by atoms with Crippen molar-refractivity contribution in [2.24, 2.45) is 0 Å². The van der Waals surface area contributed by atoms with Crippen LogP contribution in [-0.4, -0.2) is 5.91 Å². The smallest absolute Gasteiger partial charge is 0.291 e. The van der Waals surface area contributed by atoms with Gasteiger partial charge in [-0.2, -0.15) is 0 Å². The maximum Gasteiger partial charge on any atom is 0.291 e. The molecule has 122 valence electrons. The Labute approximate surface area is 170 Å². The van der Waals surface area contributed by atoms with Crippen molar-refractivity contribution in [3.8, 4) is 11.3 Å². The van der Waals surface area contributed by atoms with E-state index in [4.69, 9.17) is 27.6 Å². The Kier molecular flexibility index (Phi) is 5.54. The zero-order valence-corrected chi connectivity index (χ0v) is 17.2. The van der Waals surface area contributed by atoms with Gasteiger partial charge in [-0.25, -0.2) is 0 Å². The molecule has 1 heterocycles. The third-order valence-corrected chi connectivity index (χ3v) is 5.43. The molecule has 0 bridgehead atoms. The molecule has 1 amide bonds. The van der Waals surface area contributed by atoms with Gasteiger partial charge in [-0.15, -0.1) is 0 Å². The third-order valence-electron chi connectivity index (χ3n) is 3.23. The van der Waals surface area contributed by atoms with Gasteiger partial charge in [0.15, 0.2) is 5.76 Å². The molecular weight excluding hydrogens is 528 g/mol. The van der Waals surface area contributed by atoms with E-state index in [1.165, 1.54) is 0 Å². The number of halogens is 4. The fraction of sp³-hybridized carbons (Fsp3) is 0. The van der Waals surface area contributed by atoms with Crippen LogP contribution in [0.5, 0.6) is 0 Å². The van der Waals surface area contributed by atoms with Gasteiger partial charge in [0, 0.05) is 13.6 Å². The van der Waals surface area contributed by atoms with Crippen molar-refractivity contribution in [1.82, 2.24) is 0 Å². The van der Waals surface area contributed by atoms with E-state index in [9.17, 15) is 4.79 Å². The van der Waals surface area contributed by atoms with Crippen molar-refractivity contribution < 1.29 is 9.21 Å². The van der Waals surface area contributed by atoms with Gasteiger partial charge in [0.2, 0.25) is 0 Å². The van der Waals surface area contributed by atoms with Crippen molar-refractivity contribution >= 4 is 73.3 Å². The van der Waals surface area contributed by atoms with Gasteiger partial charge in [-0.3, -0.25) is 4.79 Å². The first kappa shape index (κ1) is 17.8. The molecule has 1 aromatic heterocycles. The maximum atomic E-state index is 12.4. The highest BCUT2D eigenvalue weighted by atomic mass is 127. The summed E-state index contributed by atoms with van der Waals surface area (Å²) in [6.45, 7) is 0. The van der Waals surface area contributed by atoms with Crippen molar-refractivity contribution in [1.29, 1.82) is 0 Å². The van der Waals surface area contributed by atoms with Crippen LogP contribution in [0, 0.1) is 3.57 Å². The fourth-order valence-electron chi connectivity index (χ4n) is 2.07. The predicted molar refractivity (Wildman–Crippen MR) is 109 cm³/mol. The first-order valence-corrected chi connectivity index (χ1v) is 9.39. The van der Waals surface area contributed by atoms with Crippen LogP contribution in [0.25, 0.3) is 11.3 Å². The maximum absolute atomic E-state index is 12.4. The van der Waals surface area contributed by atoms with E-state index < -0.39 is 0 Å². The van der Waals surface area contributed by atoms with Gasteiger partial charge in [0.25, 0.3) is 5.91 Å². The van der Waals surface area contributed by atoms with E-state index >= 15 is 0 Å². The average molecular weight is 537 g/mol. The lowest BCUT2D eigenvalue weighted by Gasteiger charge is -2.06. The topological polar surface area (TPSA) is 42.2 Å². The summed E-state index contributed by atoms with van der Waals surface area (Å²) in [6.07, 6.45) is 0. The van der Waals surface area contributed by atoms with E-state index in [1.807, 2.05) is 18.2 Å².